The number of aryl methyl sites for hydroxylation is 1. The molecule has 2 saturated heterocycles. The SMILES string of the molecule is CC(C)N1CCC(N(C)C[C@@H]2C[C@H](F)CN2Cc2nccn2C)C1=O. The Morgan fingerprint density at radius 2 is 2.20 bits per heavy atom. The molecule has 1 amide bonds. The van der Waals surface area contributed by atoms with Crippen molar-refractivity contribution in [1.29, 1.82) is 0 Å². The monoisotopic (exact) mass is 351 g/mol. The van der Waals surface area contributed by atoms with Gasteiger partial charge in [0.05, 0.1) is 12.6 Å². The Kier molecular flexibility index (Phi) is 5.43. The maximum absolute atomic E-state index is 14.1. The molecule has 2 aliphatic rings. The summed E-state index contributed by atoms with van der Waals surface area (Å²) in [7, 11) is 3.96. The molecule has 1 unspecified atom stereocenters. The molecule has 2 fully saturated rings. The third kappa shape index (κ3) is 3.87. The van der Waals surface area contributed by atoms with Gasteiger partial charge in [-0.25, -0.2) is 9.37 Å². The maximum Gasteiger partial charge on any atom is 0.240 e. The first-order chi connectivity index (χ1) is 11.9. The van der Waals surface area contributed by atoms with E-state index in [-0.39, 0.29) is 24.0 Å². The second-order valence-electron chi connectivity index (χ2n) is 7.74. The zero-order valence-electron chi connectivity index (χ0n) is 15.7. The summed E-state index contributed by atoms with van der Waals surface area (Å²) in [6, 6.07) is 0.293. The fourth-order valence-corrected chi connectivity index (χ4v) is 4.10. The van der Waals surface area contributed by atoms with E-state index >= 15 is 0 Å². The smallest absolute Gasteiger partial charge is 0.240 e. The summed E-state index contributed by atoms with van der Waals surface area (Å²) >= 11 is 0. The number of imidazole rings is 1. The van der Waals surface area contributed by atoms with Crippen LogP contribution in [0.2, 0.25) is 0 Å². The van der Waals surface area contributed by atoms with Crippen LogP contribution in [0.15, 0.2) is 12.4 Å². The Hall–Kier alpha value is -1.47. The number of hydrogen-bond acceptors (Lipinski definition) is 4. The molecule has 3 rings (SSSR count). The Labute approximate surface area is 149 Å². The highest BCUT2D eigenvalue weighted by Crippen LogP contribution is 2.25. The molecule has 0 spiro atoms. The van der Waals surface area contributed by atoms with E-state index in [0.717, 1.165) is 18.8 Å². The van der Waals surface area contributed by atoms with Gasteiger partial charge in [-0.05, 0) is 33.7 Å². The molecule has 1 aromatic rings. The number of alkyl halides is 1. The van der Waals surface area contributed by atoms with Crippen LogP contribution in [0.5, 0.6) is 0 Å². The normalized spacial score (nSPS) is 28.0. The van der Waals surface area contributed by atoms with Gasteiger partial charge >= 0.3 is 0 Å². The van der Waals surface area contributed by atoms with Gasteiger partial charge in [0.1, 0.15) is 12.0 Å². The minimum Gasteiger partial charge on any atom is -0.339 e. The van der Waals surface area contributed by atoms with E-state index in [0.29, 0.717) is 26.1 Å². The molecule has 7 heteroatoms. The largest absolute Gasteiger partial charge is 0.339 e. The molecule has 0 saturated carbocycles. The van der Waals surface area contributed by atoms with Gasteiger partial charge < -0.3 is 9.47 Å². The van der Waals surface area contributed by atoms with E-state index in [2.05, 4.69) is 28.6 Å². The van der Waals surface area contributed by atoms with Crippen molar-refractivity contribution in [2.24, 2.45) is 7.05 Å². The molecule has 0 N–H and O–H groups in total. The number of rotatable bonds is 6. The van der Waals surface area contributed by atoms with Crippen LogP contribution in [0.3, 0.4) is 0 Å². The molecule has 1 aromatic heterocycles. The van der Waals surface area contributed by atoms with Gasteiger partial charge in [0, 0.05) is 51.2 Å². The summed E-state index contributed by atoms with van der Waals surface area (Å²) in [5, 5.41) is 0. The number of carbonyl (C=O) groups is 1. The number of carbonyl (C=O) groups excluding carboxylic acids is 1. The predicted molar refractivity (Wildman–Crippen MR) is 94.8 cm³/mol. The van der Waals surface area contributed by atoms with E-state index < -0.39 is 6.17 Å². The Balaban J connectivity index is 1.62. The zero-order chi connectivity index (χ0) is 18.1. The van der Waals surface area contributed by atoms with Crippen molar-refractivity contribution in [3.63, 3.8) is 0 Å². The van der Waals surface area contributed by atoms with Crippen molar-refractivity contribution < 1.29 is 9.18 Å². The summed E-state index contributed by atoms with van der Waals surface area (Å²) < 4.78 is 16.0. The van der Waals surface area contributed by atoms with E-state index in [1.807, 2.05) is 29.8 Å². The molecular formula is C18H30FN5O. The third-order valence-corrected chi connectivity index (χ3v) is 5.61. The summed E-state index contributed by atoms with van der Waals surface area (Å²) in [4.78, 5) is 23.2. The van der Waals surface area contributed by atoms with Gasteiger partial charge in [-0.15, -0.1) is 0 Å². The predicted octanol–water partition coefficient (Wildman–Crippen LogP) is 1.27. The minimum absolute atomic E-state index is 0.0731. The second-order valence-corrected chi connectivity index (χ2v) is 7.74. The molecule has 140 valence electrons. The van der Waals surface area contributed by atoms with Gasteiger partial charge in [-0.3, -0.25) is 14.6 Å². The number of likely N-dealkylation sites (tertiary alicyclic amines) is 2. The van der Waals surface area contributed by atoms with E-state index in [1.54, 1.807) is 6.20 Å². The van der Waals surface area contributed by atoms with Crippen molar-refractivity contribution in [2.75, 3.05) is 26.7 Å². The number of likely N-dealkylation sites (N-methyl/N-ethyl adjacent to an activating group) is 1. The van der Waals surface area contributed by atoms with Crippen LogP contribution in [-0.2, 0) is 18.4 Å². The van der Waals surface area contributed by atoms with Crippen molar-refractivity contribution >= 4 is 5.91 Å². The summed E-state index contributed by atoms with van der Waals surface area (Å²) in [6.07, 6.45) is 4.28. The number of hydrogen-bond donors (Lipinski definition) is 0. The van der Waals surface area contributed by atoms with Gasteiger partial charge in [0.15, 0.2) is 0 Å². The van der Waals surface area contributed by atoms with Crippen LogP contribution in [-0.4, -0.2) is 81.1 Å². The summed E-state index contributed by atoms with van der Waals surface area (Å²) in [5.41, 5.74) is 0. The molecule has 0 aliphatic carbocycles. The quantitative estimate of drug-likeness (QED) is 0.774. The number of halogens is 1. The van der Waals surface area contributed by atoms with Crippen LogP contribution in [0.1, 0.15) is 32.5 Å². The fraction of sp³-hybridized carbons (Fsp3) is 0.778. The van der Waals surface area contributed by atoms with Gasteiger partial charge in [0.25, 0.3) is 0 Å². The second kappa shape index (κ2) is 7.41. The lowest BCUT2D eigenvalue weighted by Gasteiger charge is -2.31. The van der Waals surface area contributed by atoms with Gasteiger partial charge in [-0.2, -0.15) is 0 Å². The number of amides is 1. The standard InChI is InChI=1S/C18H30FN5O/c1-13(2)24-7-5-16(18(24)25)22(4)11-15-9-14(19)10-23(15)12-17-20-6-8-21(17)3/h6,8,13-16H,5,7,9-12H2,1-4H3/t14-,15-,16?/m0/s1. The number of nitrogens with zero attached hydrogens (tertiary/aromatic N) is 5. The first kappa shape index (κ1) is 18.3. The number of aromatic nitrogens is 2. The van der Waals surface area contributed by atoms with Crippen molar-refractivity contribution in [3.05, 3.63) is 18.2 Å². The average molecular weight is 351 g/mol. The Morgan fingerprint density at radius 1 is 1.44 bits per heavy atom. The molecule has 3 atom stereocenters. The van der Waals surface area contributed by atoms with Crippen LogP contribution in [0.25, 0.3) is 0 Å². The third-order valence-electron chi connectivity index (χ3n) is 5.61. The average Bonchev–Trinajstić information content (AvgIpc) is 3.20. The molecule has 2 aliphatic heterocycles. The van der Waals surface area contributed by atoms with E-state index in [9.17, 15) is 9.18 Å². The van der Waals surface area contributed by atoms with Crippen LogP contribution in [0.4, 0.5) is 4.39 Å². The summed E-state index contributed by atoms with van der Waals surface area (Å²) in [5.74, 6) is 1.16. The summed E-state index contributed by atoms with van der Waals surface area (Å²) in [6.45, 7) is 6.74. The van der Waals surface area contributed by atoms with Crippen molar-refractivity contribution in [1.82, 2.24) is 24.3 Å². The van der Waals surface area contributed by atoms with E-state index in [4.69, 9.17) is 0 Å². The highest BCUT2D eigenvalue weighted by atomic mass is 19.1. The molecule has 0 aromatic carbocycles. The van der Waals surface area contributed by atoms with Crippen molar-refractivity contribution in [3.8, 4) is 0 Å². The van der Waals surface area contributed by atoms with E-state index in [1.165, 1.54) is 0 Å². The molecule has 3 heterocycles. The zero-order valence-corrected chi connectivity index (χ0v) is 15.7. The minimum atomic E-state index is -0.801. The maximum atomic E-state index is 14.1. The lowest BCUT2D eigenvalue weighted by molar-refractivity contribution is -0.133. The topological polar surface area (TPSA) is 44.6 Å². The fourth-order valence-electron chi connectivity index (χ4n) is 4.10. The highest BCUT2D eigenvalue weighted by molar-refractivity contribution is 5.84. The van der Waals surface area contributed by atoms with Gasteiger partial charge in [0.2, 0.25) is 5.91 Å². The molecule has 0 radical (unpaired) electrons. The van der Waals surface area contributed by atoms with Gasteiger partial charge in [-0.1, -0.05) is 0 Å². The van der Waals surface area contributed by atoms with Crippen LogP contribution < -0.4 is 0 Å². The van der Waals surface area contributed by atoms with Crippen LogP contribution in [0, 0.1) is 0 Å². The highest BCUT2D eigenvalue weighted by Gasteiger charge is 2.39. The first-order valence-corrected chi connectivity index (χ1v) is 9.21. The molecular weight excluding hydrogens is 321 g/mol. The Morgan fingerprint density at radius 3 is 2.80 bits per heavy atom. The lowest BCUT2D eigenvalue weighted by Crippen LogP contribution is -2.46. The molecule has 25 heavy (non-hydrogen) atoms. The molecule has 6 nitrogen and oxygen atoms in total. The Bertz CT molecular complexity index is 604. The first-order valence-electron chi connectivity index (χ1n) is 9.21. The van der Waals surface area contributed by atoms with Crippen molar-refractivity contribution in [2.45, 2.75) is 57.5 Å². The lowest BCUT2D eigenvalue weighted by atomic mass is 10.1. The van der Waals surface area contributed by atoms with Crippen LogP contribution >= 0.6 is 0 Å². The molecule has 0 bridgehead atoms.